The Labute approximate surface area is 172 Å². The minimum atomic E-state index is -3.80. The average Bonchev–Trinajstić information content (AvgIpc) is 3.03. The van der Waals surface area contributed by atoms with E-state index < -0.39 is 28.6 Å². The minimum absolute atomic E-state index is 0.0331. The summed E-state index contributed by atoms with van der Waals surface area (Å²) in [5, 5.41) is 15.8. The molecule has 0 saturated heterocycles. The number of primary sulfonamides is 1. The molecule has 1 unspecified atom stereocenters. The lowest BCUT2D eigenvalue weighted by Crippen LogP contribution is -2.13. The zero-order chi connectivity index (χ0) is 21.9. The zero-order valence-corrected chi connectivity index (χ0v) is 16.8. The molecule has 0 bridgehead atoms. The number of hydrogen-bond acceptors (Lipinski definition) is 6. The summed E-state index contributed by atoms with van der Waals surface area (Å²) in [6, 6.07) is 10.3. The second-order valence-corrected chi connectivity index (χ2v) is 8.36. The standard InChI is InChI=1S/C20H20FN3O5S/c1-12(9-21)11-29-20(26)13-2-7-18-16(8-13)17(19(25)24-18)10-23-14-3-5-15(6-4-14)30(22,27)28/h2-8,10,12,24-25H,9,11H2,1H3,(H2,22,27,28). The maximum Gasteiger partial charge on any atom is 0.338 e. The third-order valence-corrected chi connectivity index (χ3v) is 5.25. The number of nitrogens with zero attached hydrogens (tertiary/aromatic N) is 1. The van der Waals surface area contributed by atoms with Crippen LogP contribution < -0.4 is 5.14 Å². The third-order valence-electron chi connectivity index (χ3n) is 4.32. The van der Waals surface area contributed by atoms with Gasteiger partial charge in [-0.1, -0.05) is 6.92 Å². The highest BCUT2D eigenvalue weighted by Gasteiger charge is 2.15. The number of sulfonamides is 1. The van der Waals surface area contributed by atoms with Gasteiger partial charge in [0.1, 0.15) is 0 Å². The second kappa shape index (κ2) is 8.64. The average molecular weight is 433 g/mol. The van der Waals surface area contributed by atoms with Gasteiger partial charge in [-0.25, -0.2) is 18.4 Å². The first-order chi connectivity index (χ1) is 14.2. The lowest BCUT2D eigenvalue weighted by molar-refractivity contribution is 0.0434. The molecule has 0 aliphatic rings. The highest BCUT2D eigenvalue weighted by molar-refractivity contribution is 7.89. The van der Waals surface area contributed by atoms with E-state index in [1.165, 1.54) is 36.5 Å². The molecule has 2 aromatic carbocycles. The van der Waals surface area contributed by atoms with Gasteiger partial charge in [0.25, 0.3) is 0 Å². The van der Waals surface area contributed by atoms with Crippen LogP contribution in [0.25, 0.3) is 10.9 Å². The number of rotatable bonds is 7. The van der Waals surface area contributed by atoms with Crippen LogP contribution in [0.15, 0.2) is 52.4 Å². The molecule has 0 aliphatic heterocycles. The van der Waals surface area contributed by atoms with Crippen LogP contribution in [0.5, 0.6) is 5.88 Å². The second-order valence-electron chi connectivity index (χ2n) is 6.80. The molecule has 3 rings (SSSR count). The fourth-order valence-electron chi connectivity index (χ4n) is 2.66. The van der Waals surface area contributed by atoms with Crippen LogP contribution in [0.1, 0.15) is 22.8 Å². The molecule has 30 heavy (non-hydrogen) atoms. The molecule has 1 atom stereocenters. The Kier molecular flexibility index (Phi) is 6.18. The number of fused-ring (bicyclic) bond motifs is 1. The number of esters is 1. The predicted molar refractivity (Wildman–Crippen MR) is 110 cm³/mol. The summed E-state index contributed by atoms with van der Waals surface area (Å²) in [7, 11) is -3.80. The molecule has 8 nitrogen and oxygen atoms in total. The van der Waals surface area contributed by atoms with Crippen molar-refractivity contribution in [1.82, 2.24) is 4.98 Å². The minimum Gasteiger partial charge on any atom is -0.494 e. The van der Waals surface area contributed by atoms with E-state index in [0.717, 1.165) is 0 Å². The van der Waals surface area contributed by atoms with E-state index in [1.54, 1.807) is 19.1 Å². The summed E-state index contributed by atoms with van der Waals surface area (Å²) >= 11 is 0. The first kappa shape index (κ1) is 21.5. The van der Waals surface area contributed by atoms with E-state index in [9.17, 15) is 22.7 Å². The first-order valence-electron chi connectivity index (χ1n) is 8.93. The number of aromatic nitrogens is 1. The molecule has 1 heterocycles. The van der Waals surface area contributed by atoms with E-state index >= 15 is 0 Å². The Morgan fingerprint density at radius 3 is 2.63 bits per heavy atom. The fourth-order valence-corrected chi connectivity index (χ4v) is 3.18. The van der Waals surface area contributed by atoms with Crippen molar-refractivity contribution in [2.45, 2.75) is 11.8 Å². The van der Waals surface area contributed by atoms with Gasteiger partial charge < -0.3 is 14.8 Å². The summed E-state index contributed by atoms with van der Waals surface area (Å²) in [6.07, 6.45) is 1.39. The summed E-state index contributed by atoms with van der Waals surface area (Å²) in [5.41, 5.74) is 1.60. The van der Waals surface area contributed by atoms with Gasteiger partial charge in [0, 0.05) is 23.0 Å². The molecule has 0 aliphatic carbocycles. The molecule has 0 spiro atoms. The third kappa shape index (κ3) is 4.84. The maximum absolute atomic E-state index is 12.5. The number of halogens is 1. The molecule has 0 amide bonds. The van der Waals surface area contributed by atoms with Crippen molar-refractivity contribution in [2.24, 2.45) is 16.0 Å². The number of benzene rings is 2. The van der Waals surface area contributed by atoms with Crippen molar-refractivity contribution in [3.8, 4) is 5.88 Å². The van der Waals surface area contributed by atoms with Gasteiger partial charge in [-0.15, -0.1) is 0 Å². The SMILES string of the molecule is CC(CF)COC(=O)c1ccc2[nH]c(O)c(C=Nc3ccc(S(N)(=O)=O)cc3)c2c1. The Morgan fingerprint density at radius 2 is 2.00 bits per heavy atom. The van der Waals surface area contributed by atoms with Crippen LogP contribution in [0, 0.1) is 5.92 Å². The number of aromatic hydroxyl groups is 1. The normalized spacial score (nSPS) is 13.0. The quantitative estimate of drug-likeness (QED) is 0.389. The number of ether oxygens (including phenoxy) is 1. The van der Waals surface area contributed by atoms with Gasteiger partial charge in [-0.2, -0.15) is 0 Å². The number of carbonyl (C=O) groups is 1. The van der Waals surface area contributed by atoms with Crippen LogP contribution >= 0.6 is 0 Å². The van der Waals surface area contributed by atoms with Gasteiger partial charge in [0.05, 0.1) is 35.0 Å². The summed E-state index contributed by atoms with van der Waals surface area (Å²) < 4.78 is 40.3. The topological polar surface area (TPSA) is 135 Å². The Bertz CT molecular complexity index is 1200. The molecule has 10 heteroatoms. The largest absolute Gasteiger partial charge is 0.494 e. The van der Waals surface area contributed by atoms with Gasteiger partial charge in [-0.3, -0.25) is 9.38 Å². The van der Waals surface area contributed by atoms with E-state index in [1.807, 2.05) is 0 Å². The molecule has 3 aromatic rings. The summed E-state index contributed by atoms with van der Waals surface area (Å²) in [5.74, 6) is -1.14. The number of hydrogen-bond donors (Lipinski definition) is 3. The van der Waals surface area contributed by atoms with Crippen LogP contribution in [0.4, 0.5) is 10.1 Å². The highest BCUT2D eigenvalue weighted by Crippen LogP contribution is 2.28. The van der Waals surface area contributed by atoms with Crippen LogP contribution in [-0.2, 0) is 14.8 Å². The highest BCUT2D eigenvalue weighted by atomic mass is 32.2. The number of carbonyl (C=O) groups excluding carboxylic acids is 1. The Morgan fingerprint density at radius 1 is 1.30 bits per heavy atom. The molecule has 4 N–H and O–H groups in total. The molecule has 0 radical (unpaired) electrons. The first-order valence-corrected chi connectivity index (χ1v) is 10.5. The van der Waals surface area contributed by atoms with Crippen molar-refractivity contribution >= 4 is 38.8 Å². The molecule has 0 saturated carbocycles. The fraction of sp³-hybridized carbons (Fsp3) is 0.200. The monoisotopic (exact) mass is 433 g/mol. The Hall–Kier alpha value is -3.24. The molecule has 158 valence electrons. The van der Waals surface area contributed by atoms with E-state index in [-0.39, 0.29) is 22.9 Å². The number of H-pyrrole nitrogens is 1. The van der Waals surface area contributed by atoms with Crippen LogP contribution in [0.3, 0.4) is 0 Å². The molecular formula is C20H20FN3O5S. The summed E-state index contributed by atoms with van der Waals surface area (Å²) in [6.45, 7) is 1.01. The molecule has 1 aromatic heterocycles. The number of alkyl halides is 1. The lowest BCUT2D eigenvalue weighted by atomic mass is 10.1. The number of aromatic amines is 1. The smallest absolute Gasteiger partial charge is 0.338 e. The van der Waals surface area contributed by atoms with Crippen molar-refractivity contribution in [3.63, 3.8) is 0 Å². The van der Waals surface area contributed by atoms with Crippen molar-refractivity contribution in [3.05, 3.63) is 53.6 Å². The lowest BCUT2D eigenvalue weighted by Gasteiger charge is -2.08. The number of nitrogens with one attached hydrogen (secondary N) is 1. The molecule has 0 fully saturated rings. The van der Waals surface area contributed by atoms with Gasteiger partial charge >= 0.3 is 5.97 Å². The van der Waals surface area contributed by atoms with Gasteiger partial charge in [0.15, 0.2) is 5.88 Å². The zero-order valence-electron chi connectivity index (χ0n) is 16.0. The molecular weight excluding hydrogens is 413 g/mol. The van der Waals surface area contributed by atoms with Crippen molar-refractivity contribution < 1.29 is 27.4 Å². The predicted octanol–water partition coefficient (Wildman–Crippen LogP) is 3.03. The number of nitrogens with two attached hydrogens (primary N) is 1. The van der Waals surface area contributed by atoms with E-state index in [0.29, 0.717) is 22.2 Å². The maximum atomic E-state index is 12.5. The van der Waals surface area contributed by atoms with Crippen LogP contribution in [0.2, 0.25) is 0 Å². The van der Waals surface area contributed by atoms with Crippen molar-refractivity contribution in [1.29, 1.82) is 0 Å². The van der Waals surface area contributed by atoms with Crippen molar-refractivity contribution in [2.75, 3.05) is 13.3 Å². The van der Waals surface area contributed by atoms with Gasteiger partial charge in [0.2, 0.25) is 10.0 Å². The van der Waals surface area contributed by atoms with E-state index in [2.05, 4.69) is 9.98 Å². The van der Waals surface area contributed by atoms with Gasteiger partial charge in [-0.05, 0) is 42.5 Å². The van der Waals surface area contributed by atoms with E-state index in [4.69, 9.17) is 9.88 Å². The Balaban J connectivity index is 1.87. The number of aliphatic imine (C=N–C) groups is 1. The van der Waals surface area contributed by atoms with Crippen LogP contribution in [-0.4, -0.2) is 44.0 Å². The summed E-state index contributed by atoms with van der Waals surface area (Å²) in [4.78, 5) is 19.2.